The van der Waals surface area contributed by atoms with Crippen molar-refractivity contribution in [2.45, 2.75) is 17.9 Å². The molecule has 1 N–H and O–H groups in total. The van der Waals surface area contributed by atoms with E-state index < -0.39 is 10.0 Å². The summed E-state index contributed by atoms with van der Waals surface area (Å²) in [5.41, 5.74) is 2.30. The Balaban J connectivity index is 1.57. The van der Waals surface area contributed by atoms with Crippen molar-refractivity contribution in [2.75, 3.05) is 32.8 Å². The van der Waals surface area contributed by atoms with Gasteiger partial charge in [0.25, 0.3) is 0 Å². The first-order valence-electron chi connectivity index (χ1n) is 9.90. The Kier molecular flexibility index (Phi) is 5.96. The minimum atomic E-state index is -3.61. The van der Waals surface area contributed by atoms with Gasteiger partial charge in [0.05, 0.1) is 18.1 Å². The summed E-state index contributed by atoms with van der Waals surface area (Å²) in [6.45, 7) is 5.28. The van der Waals surface area contributed by atoms with Gasteiger partial charge in [-0.25, -0.2) is 13.1 Å². The highest BCUT2D eigenvalue weighted by Gasteiger charge is 2.25. The van der Waals surface area contributed by atoms with E-state index in [2.05, 4.69) is 40.8 Å². The van der Waals surface area contributed by atoms with Gasteiger partial charge in [0.15, 0.2) is 0 Å². The molecule has 0 bridgehead atoms. The molecule has 1 heterocycles. The number of sulfonamides is 1. The van der Waals surface area contributed by atoms with E-state index in [0.717, 1.165) is 29.4 Å². The molecule has 0 radical (unpaired) electrons. The average molecular weight is 411 g/mol. The SMILES string of the molecule is Cc1ccc([C@@H](CNS(=O)(=O)c2ccc3ccccc3c2)N2CCOCC2)cc1. The Labute approximate surface area is 172 Å². The van der Waals surface area contributed by atoms with Gasteiger partial charge in [0, 0.05) is 25.7 Å². The first-order valence-corrected chi connectivity index (χ1v) is 11.4. The molecule has 1 aliphatic rings. The van der Waals surface area contributed by atoms with Crippen molar-refractivity contribution in [3.63, 3.8) is 0 Å². The number of nitrogens with zero attached hydrogens (tertiary/aromatic N) is 1. The first kappa shape index (κ1) is 20.0. The fourth-order valence-electron chi connectivity index (χ4n) is 3.74. The number of rotatable bonds is 6. The first-order chi connectivity index (χ1) is 14.0. The maximum Gasteiger partial charge on any atom is 0.240 e. The smallest absolute Gasteiger partial charge is 0.240 e. The van der Waals surface area contributed by atoms with Crippen molar-refractivity contribution < 1.29 is 13.2 Å². The van der Waals surface area contributed by atoms with Crippen LogP contribution in [0.4, 0.5) is 0 Å². The molecule has 1 fully saturated rings. The van der Waals surface area contributed by atoms with Crippen molar-refractivity contribution in [1.82, 2.24) is 9.62 Å². The number of aryl methyl sites for hydroxylation is 1. The van der Waals surface area contributed by atoms with Crippen molar-refractivity contribution in [3.05, 3.63) is 77.9 Å². The normalized spacial score (nSPS) is 16.7. The van der Waals surface area contributed by atoms with Crippen molar-refractivity contribution in [1.29, 1.82) is 0 Å². The average Bonchev–Trinajstić information content (AvgIpc) is 2.75. The van der Waals surface area contributed by atoms with Gasteiger partial charge in [-0.2, -0.15) is 0 Å². The standard InChI is InChI=1S/C23H26N2O3S/c1-18-6-8-20(9-7-18)23(25-12-14-28-15-13-25)17-24-29(26,27)22-11-10-19-4-2-3-5-21(19)16-22/h2-11,16,23-24H,12-15,17H2,1H3/t23-/m1/s1. The molecule has 0 aliphatic carbocycles. The van der Waals surface area contributed by atoms with Crippen LogP contribution in [0.3, 0.4) is 0 Å². The molecule has 1 aliphatic heterocycles. The Morgan fingerprint density at radius 1 is 0.966 bits per heavy atom. The molecular formula is C23H26N2O3S. The van der Waals surface area contributed by atoms with E-state index in [4.69, 9.17) is 4.74 Å². The number of hydrogen-bond acceptors (Lipinski definition) is 4. The third-order valence-corrected chi connectivity index (χ3v) is 6.87. The maximum atomic E-state index is 13.0. The zero-order valence-electron chi connectivity index (χ0n) is 16.5. The third kappa shape index (κ3) is 4.67. The van der Waals surface area contributed by atoms with Crippen LogP contribution in [0.1, 0.15) is 17.2 Å². The van der Waals surface area contributed by atoms with Crippen LogP contribution in [0, 0.1) is 6.92 Å². The molecule has 29 heavy (non-hydrogen) atoms. The summed E-state index contributed by atoms with van der Waals surface area (Å²) in [5, 5.41) is 1.94. The van der Waals surface area contributed by atoms with Crippen LogP contribution in [-0.4, -0.2) is 46.2 Å². The van der Waals surface area contributed by atoms with Crippen molar-refractivity contribution >= 4 is 20.8 Å². The number of benzene rings is 3. The summed E-state index contributed by atoms with van der Waals surface area (Å²) < 4.78 is 34.3. The Hall–Kier alpha value is -2.25. The van der Waals surface area contributed by atoms with E-state index in [1.165, 1.54) is 5.56 Å². The van der Waals surface area contributed by atoms with E-state index in [0.29, 0.717) is 24.7 Å². The summed E-state index contributed by atoms with van der Waals surface area (Å²) in [6.07, 6.45) is 0. The summed E-state index contributed by atoms with van der Waals surface area (Å²) in [5.74, 6) is 0. The van der Waals surface area contributed by atoms with Crippen LogP contribution in [0.2, 0.25) is 0 Å². The highest BCUT2D eigenvalue weighted by atomic mass is 32.2. The third-order valence-electron chi connectivity index (χ3n) is 5.45. The second kappa shape index (κ2) is 8.63. The lowest BCUT2D eigenvalue weighted by molar-refractivity contribution is 0.0172. The highest BCUT2D eigenvalue weighted by Crippen LogP contribution is 2.24. The van der Waals surface area contributed by atoms with E-state index in [1.54, 1.807) is 12.1 Å². The number of fused-ring (bicyclic) bond motifs is 1. The van der Waals surface area contributed by atoms with Crippen LogP contribution >= 0.6 is 0 Å². The molecule has 0 amide bonds. The van der Waals surface area contributed by atoms with Crippen molar-refractivity contribution in [3.8, 4) is 0 Å². The molecule has 152 valence electrons. The van der Waals surface area contributed by atoms with Gasteiger partial charge in [-0.15, -0.1) is 0 Å². The molecular weight excluding hydrogens is 384 g/mol. The minimum Gasteiger partial charge on any atom is -0.379 e. The van der Waals surface area contributed by atoms with Gasteiger partial charge in [-0.1, -0.05) is 60.2 Å². The predicted molar refractivity (Wildman–Crippen MR) is 115 cm³/mol. The fourth-order valence-corrected chi connectivity index (χ4v) is 4.82. The lowest BCUT2D eigenvalue weighted by Crippen LogP contribution is -2.43. The minimum absolute atomic E-state index is 0.0327. The van der Waals surface area contributed by atoms with E-state index in [-0.39, 0.29) is 6.04 Å². The molecule has 5 nitrogen and oxygen atoms in total. The molecule has 6 heteroatoms. The topological polar surface area (TPSA) is 58.6 Å². The van der Waals surface area contributed by atoms with Gasteiger partial charge in [-0.3, -0.25) is 4.90 Å². The second-order valence-electron chi connectivity index (χ2n) is 7.44. The molecule has 3 aromatic rings. The molecule has 1 atom stereocenters. The summed E-state index contributed by atoms with van der Waals surface area (Å²) in [4.78, 5) is 2.58. The zero-order chi connectivity index (χ0) is 20.3. The molecule has 0 spiro atoms. The lowest BCUT2D eigenvalue weighted by Gasteiger charge is -2.35. The molecule has 1 saturated heterocycles. The summed E-state index contributed by atoms with van der Waals surface area (Å²) >= 11 is 0. The predicted octanol–water partition coefficient (Wildman–Crippen LogP) is 3.50. The van der Waals surface area contributed by atoms with E-state index in [9.17, 15) is 8.42 Å². The lowest BCUT2D eigenvalue weighted by atomic mass is 10.0. The van der Waals surface area contributed by atoms with Gasteiger partial charge in [-0.05, 0) is 35.4 Å². The quantitative estimate of drug-likeness (QED) is 0.676. The Bertz CT molecular complexity index is 1070. The number of morpholine rings is 1. The fraction of sp³-hybridized carbons (Fsp3) is 0.304. The van der Waals surface area contributed by atoms with Gasteiger partial charge in [0.1, 0.15) is 0 Å². The van der Waals surface area contributed by atoms with Crippen LogP contribution in [0.5, 0.6) is 0 Å². The van der Waals surface area contributed by atoms with Crippen molar-refractivity contribution in [2.24, 2.45) is 0 Å². The molecule has 4 rings (SSSR count). The maximum absolute atomic E-state index is 13.0. The Morgan fingerprint density at radius 2 is 1.66 bits per heavy atom. The number of nitrogens with one attached hydrogen (secondary N) is 1. The van der Waals surface area contributed by atoms with E-state index in [1.807, 2.05) is 30.3 Å². The Morgan fingerprint density at radius 3 is 2.38 bits per heavy atom. The highest BCUT2D eigenvalue weighted by molar-refractivity contribution is 7.89. The zero-order valence-corrected chi connectivity index (χ0v) is 17.4. The van der Waals surface area contributed by atoms with Crippen LogP contribution in [-0.2, 0) is 14.8 Å². The van der Waals surface area contributed by atoms with Gasteiger partial charge in [0.2, 0.25) is 10.0 Å². The van der Waals surface area contributed by atoms with Gasteiger partial charge < -0.3 is 4.74 Å². The summed E-state index contributed by atoms with van der Waals surface area (Å²) in [7, 11) is -3.61. The monoisotopic (exact) mass is 410 g/mol. The molecule has 0 unspecified atom stereocenters. The van der Waals surface area contributed by atoms with Crippen LogP contribution in [0.15, 0.2) is 71.6 Å². The van der Waals surface area contributed by atoms with Crippen LogP contribution in [0.25, 0.3) is 10.8 Å². The second-order valence-corrected chi connectivity index (χ2v) is 9.20. The van der Waals surface area contributed by atoms with Gasteiger partial charge >= 0.3 is 0 Å². The molecule has 0 saturated carbocycles. The van der Waals surface area contributed by atoms with Crippen LogP contribution < -0.4 is 4.72 Å². The summed E-state index contributed by atoms with van der Waals surface area (Å²) in [6, 6.07) is 21.3. The molecule has 3 aromatic carbocycles. The number of hydrogen-bond donors (Lipinski definition) is 1. The molecule has 0 aromatic heterocycles. The van der Waals surface area contributed by atoms with E-state index >= 15 is 0 Å². The number of ether oxygens (including phenoxy) is 1. The largest absolute Gasteiger partial charge is 0.379 e.